The Labute approximate surface area is 143 Å². The topological polar surface area (TPSA) is 64.6 Å². The first-order valence-corrected chi connectivity index (χ1v) is 8.58. The van der Waals surface area contributed by atoms with Crippen LogP contribution in [-0.4, -0.2) is 32.1 Å². The van der Waals surface area contributed by atoms with Gasteiger partial charge in [0.2, 0.25) is 5.91 Å². The zero-order chi connectivity index (χ0) is 17.7. The Morgan fingerprint density at radius 3 is 2.46 bits per heavy atom. The third-order valence-corrected chi connectivity index (χ3v) is 4.94. The lowest BCUT2D eigenvalue weighted by Crippen LogP contribution is -2.47. The Morgan fingerprint density at radius 1 is 1.21 bits per heavy atom. The Bertz CT molecular complexity index is 582. The maximum Gasteiger partial charge on any atom is 0.328 e. The lowest BCUT2D eigenvalue weighted by atomic mass is 9.94. The summed E-state index contributed by atoms with van der Waals surface area (Å²) in [6, 6.07) is 7.20. The van der Waals surface area contributed by atoms with E-state index in [4.69, 9.17) is 9.47 Å². The van der Waals surface area contributed by atoms with Crippen molar-refractivity contribution in [1.82, 2.24) is 5.32 Å². The average Bonchev–Trinajstić information content (AvgIpc) is 3.41. The van der Waals surface area contributed by atoms with E-state index in [1.165, 1.54) is 7.11 Å². The highest BCUT2D eigenvalue weighted by Crippen LogP contribution is 2.50. The molecule has 3 atom stereocenters. The first-order valence-electron chi connectivity index (χ1n) is 8.58. The van der Waals surface area contributed by atoms with Crippen LogP contribution in [-0.2, 0) is 14.3 Å². The number of hydrogen-bond donors (Lipinski definition) is 1. The molecule has 0 spiro atoms. The molecule has 1 aliphatic carbocycles. The summed E-state index contributed by atoms with van der Waals surface area (Å²) < 4.78 is 10.3. The summed E-state index contributed by atoms with van der Waals surface area (Å²) in [7, 11) is 3.00. The molecule has 5 heteroatoms. The maximum absolute atomic E-state index is 12.6. The molecule has 2 rings (SSSR count). The second-order valence-electron chi connectivity index (χ2n) is 6.28. The molecule has 1 aromatic rings. The van der Waals surface area contributed by atoms with Crippen molar-refractivity contribution in [2.24, 2.45) is 11.8 Å². The fourth-order valence-electron chi connectivity index (χ4n) is 3.32. The second-order valence-corrected chi connectivity index (χ2v) is 6.28. The fraction of sp³-hybridized carbons (Fsp3) is 0.579. The Morgan fingerprint density at radius 2 is 1.88 bits per heavy atom. The number of amides is 1. The van der Waals surface area contributed by atoms with Crippen LogP contribution in [0, 0.1) is 11.8 Å². The van der Waals surface area contributed by atoms with E-state index in [-0.39, 0.29) is 29.6 Å². The van der Waals surface area contributed by atoms with E-state index in [1.54, 1.807) is 7.11 Å². The van der Waals surface area contributed by atoms with Crippen LogP contribution in [0.1, 0.15) is 44.6 Å². The van der Waals surface area contributed by atoms with Crippen LogP contribution in [0.2, 0.25) is 0 Å². The van der Waals surface area contributed by atoms with Crippen LogP contribution < -0.4 is 10.1 Å². The summed E-state index contributed by atoms with van der Waals surface area (Å²) in [5.41, 5.74) is 1.05. The van der Waals surface area contributed by atoms with Gasteiger partial charge in [0.25, 0.3) is 0 Å². The molecule has 132 valence electrons. The normalized spacial score (nSPS) is 20.4. The molecule has 0 bridgehead atoms. The molecule has 1 amide bonds. The molecule has 5 nitrogen and oxygen atoms in total. The summed E-state index contributed by atoms with van der Waals surface area (Å²) in [6.45, 7) is 4.04. The fourth-order valence-corrected chi connectivity index (χ4v) is 3.32. The minimum absolute atomic E-state index is 0.0757. The molecule has 0 saturated heterocycles. The van der Waals surface area contributed by atoms with Gasteiger partial charge in [-0.2, -0.15) is 0 Å². The minimum atomic E-state index is -0.573. The monoisotopic (exact) mass is 333 g/mol. The molecule has 0 aliphatic heterocycles. The van der Waals surface area contributed by atoms with E-state index in [1.807, 2.05) is 38.1 Å². The SMILES string of the molecule is CCC(CC)[C@H](NC(=O)[C@H]1C[C@H]1c1ccccc1OC)C(=O)OC. The molecule has 0 radical (unpaired) electrons. The van der Waals surface area contributed by atoms with Crippen molar-refractivity contribution in [2.45, 2.75) is 45.1 Å². The van der Waals surface area contributed by atoms with E-state index in [0.29, 0.717) is 0 Å². The molecular formula is C19H27NO4. The number of nitrogens with one attached hydrogen (secondary N) is 1. The number of para-hydroxylation sites is 1. The number of carbonyl (C=O) groups is 2. The first kappa shape index (κ1) is 18.3. The third kappa shape index (κ3) is 3.89. The van der Waals surface area contributed by atoms with Gasteiger partial charge in [-0.3, -0.25) is 4.79 Å². The number of hydrogen-bond acceptors (Lipinski definition) is 4. The standard InChI is InChI=1S/C19H27NO4/c1-5-12(6-2)17(19(22)24-4)20-18(21)15-11-14(15)13-9-7-8-10-16(13)23-3/h7-10,12,14-15,17H,5-6,11H2,1-4H3,(H,20,21)/t14-,15-,17-/m0/s1. The average molecular weight is 333 g/mol. The van der Waals surface area contributed by atoms with Crippen LogP contribution >= 0.6 is 0 Å². The van der Waals surface area contributed by atoms with E-state index in [2.05, 4.69) is 5.32 Å². The van der Waals surface area contributed by atoms with Gasteiger partial charge in [-0.25, -0.2) is 4.79 Å². The van der Waals surface area contributed by atoms with Crippen LogP contribution in [0.4, 0.5) is 0 Å². The van der Waals surface area contributed by atoms with Crippen LogP contribution in [0.25, 0.3) is 0 Å². The van der Waals surface area contributed by atoms with Gasteiger partial charge in [0.05, 0.1) is 14.2 Å². The van der Waals surface area contributed by atoms with Crippen LogP contribution in [0.5, 0.6) is 5.75 Å². The Kier molecular flexibility index (Phi) is 6.23. The third-order valence-electron chi connectivity index (χ3n) is 4.94. The highest BCUT2D eigenvalue weighted by molar-refractivity contribution is 5.88. The molecule has 24 heavy (non-hydrogen) atoms. The largest absolute Gasteiger partial charge is 0.496 e. The first-order chi connectivity index (χ1) is 11.6. The number of rotatable bonds is 8. The van der Waals surface area contributed by atoms with Crippen LogP contribution in [0.3, 0.4) is 0 Å². The quantitative estimate of drug-likeness (QED) is 0.743. The van der Waals surface area contributed by atoms with Gasteiger partial charge in [0, 0.05) is 5.92 Å². The van der Waals surface area contributed by atoms with Gasteiger partial charge in [-0.15, -0.1) is 0 Å². The van der Waals surface area contributed by atoms with E-state index < -0.39 is 6.04 Å². The van der Waals surface area contributed by atoms with Gasteiger partial charge in [0.1, 0.15) is 11.8 Å². The number of ether oxygens (including phenoxy) is 2. The van der Waals surface area contributed by atoms with Crippen LogP contribution in [0.15, 0.2) is 24.3 Å². The van der Waals surface area contributed by atoms with Crippen molar-refractivity contribution < 1.29 is 19.1 Å². The zero-order valence-electron chi connectivity index (χ0n) is 14.9. The molecule has 0 unspecified atom stereocenters. The molecule has 1 aliphatic rings. The van der Waals surface area contributed by atoms with Gasteiger partial charge in [0.15, 0.2) is 0 Å². The van der Waals surface area contributed by atoms with Gasteiger partial charge < -0.3 is 14.8 Å². The number of methoxy groups -OCH3 is 2. The smallest absolute Gasteiger partial charge is 0.328 e. The van der Waals surface area contributed by atoms with E-state index in [9.17, 15) is 9.59 Å². The Hall–Kier alpha value is -2.04. The lowest BCUT2D eigenvalue weighted by molar-refractivity contribution is -0.147. The molecule has 1 fully saturated rings. The number of esters is 1. The van der Waals surface area contributed by atoms with Crippen molar-refractivity contribution in [3.05, 3.63) is 29.8 Å². The second kappa shape index (κ2) is 8.18. The van der Waals surface area contributed by atoms with Crippen molar-refractivity contribution in [3.8, 4) is 5.75 Å². The van der Waals surface area contributed by atoms with E-state index in [0.717, 1.165) is 30.6 Å². The Balaban J connectivity index is 2.05. The molecule has 0 aromatic heterocycles. The van der Waals surface area contributed by atoms with Crippen molar-refractivity contribution in [2.75, 3.05) is 14.2 Å². The molecular weight excluding hydrogens is 306 g/mol. The van der Waals surface area contributed by atoms with Crippen molar-refractivity contribution in [1.29, 1.82) is 0 Å². The number of benzene rings is 1. The lowest BCUT2D eigenvalue weighted by Gasteiger charge is -2.24. The van der Waals surface area contributed by atoms with Crippen molar-refractivity contribution >= 4 is 11.9 Å². The van der Waals surface area contributed by atoms with Gasteiger partial charge in [-0.1, -0.05) is 44.9 Å². The van der Waals surface area contributed by atoms with E-state index >= 15 is 0 Å². The number of carbonyl (C=O) groups excluding carboxylic acids is 2. The predicted molar refractivity (Wildman–Crippen MR) is 91.9 cm³/mol. The summed E-state index contributed by atoms with van der Waals surface area (Å²) >= 11 is 0. The summed E-state index contributed by atoms with van der Waals surface area (Å²) in [5, 5.41) is 2.91. The minimum Gasteiger partial charge on any atom is -0.496 e. The molecule has 1 aromatic carbocycles. The highest BCUT2D eigenvalue weighted by Gasteiger charge is 2.46. The molecule has 1 saturated carbocycles. The summed E-state index contributed by atoms with van der Waals surface area (Å²) in [5.74, 6) is 0.496. The van der Waals surface area contributed by atoms with Crippen molar-refractivity contribution in [3.63, 3.8) is 0 Å². The maximum atomic E-state index is 12.6. The summed E-state index contributed by atoms with van der Waals surface area (Å²) in [6.07, 6.45) is 2.41. The molecule has 1 N–H and O–H groups in total. The predicted octanol–water partition coefficient (Wildman–Crippen LogP) is 2.89. The van der Waals surface area contributed by atoms with Gasteiger partial charge in [-0.05, 0) is 29.9 Å². The highest BCUT2D eigenvalue weighted by atomic mass is 16.5. The van der Waals surface area contributed by atoms with Gasteiger partial charge >= 0.3 is 5.97 Å². The summed E-state index contributed by atoms with van der Waals surface area (Å²) in [4.78, 5) is 24.6. The molecule has 0 heterocycles. The zero-order valence-corrected chi connectivity index (χ0v) is 14.9.